The van der Waals surface area contributed by atoms with Gasteiger partial charge in [0, 0.05) is 18.7 Å². The summed E-state index contributed by atoms with van der Waals surface area (Å²) >= 11 is 0. The summed E-state index contributed by atoms with van der Waals surface area (Å²) in [5.41, 5.74) is -0.776. The Labute approximate surface area is 161 Å². The van der Waals surface area contributed by atoms with E-state index in [0.29, 0.717) is 0 Å². The summed E-state index contributed by atoms with van der Waals surface area (Å²) < 4.78 is 65.3. The maximum Gasteiger partial charge on any atom is 0.418 e. The van der Waals surface area contributed by atoms with Gasteiger partial charge >= 0.3 is 6.18 Å². The van der Waals surface area contributed by atoms with Crippen LogP contribution in [0.5, 0.6) is 0 Å². The van der Waals surface area contributed by atoms with Gasteiger partial charge in [-0.2, -0.15) is 13.2 Å². The Bertz CT molecular complexity index is 910. The molecule has 2 aromatic rings. The SMILES string of the molecule is O=C(Nc1ccc(C(O)C(F)(F)F)cc1)C1CC(=O)N(c2c(F)cccc2F)C1. The van der Waals surface area contributed by atoms with Gasteiger partial charge in [0.15, 0.2) is 6.10 Å². The zero-order valence-corrected chi connectivity index (χ0v) is 14.7. The van der Waals surface area contributed by atoms with Crippen LogP contribution in [0, 0.1) is 17.6 Å². The molecule has 2 amide bonds. The van der Waals surface area contributed by atoms with Gasteiger partial charge in [-0.1, -0.05) is 18.2 Å². The van der Waals surface area contributed by atoms with Gasteiger partial charge < -0.3 is 15.3 Å². The molecule has 29 heavy (non-hydrogen) atoms. The lowest BCUT2D eigenvalue weighted by Crippen LogP contribution is -2.29. The third-order valence-electron chi connectivity index (χ3n) is 4.51. The van der Waals surface area contributed by atoms with Crippen molar-refractivity contribution in [1.29, 1.82) is 0 Å². The molecule has 154 valence electrons. The van der Waals surface area contributed by atoms with Crippen LogP contribution >= 0.6 is 0 Å². The number of carbonyl (C=O) groups excluding carboxylic acids is 2. The molecule has 1 aliphatic rings. The summed E-state index contributed by atoms with van der Waals surface area (Å²) in [6, 6.07) is 7.51. The number of benzene rings is 2. The van der Waals surface area contributed by atoms with E-state index in [1.807, 2.05) is 0 Å². The highest BCUT2D eigenvalue weighted by Gasteiger charge is 2.39. The maximum atomic E-state index is 13.9. The lowest BCUT2D eigenvalue weighted by Gasteiger charge is -2.18. The summed E-state index contributed by atoms with van der Waals surface area (Å²) in [7, 11) is 0. The number of aliphatic hydroxyl groups is 1. The fourth-order valence-electron chi connectivity index (χ4n) is 3.03. The fourth-order valence-corrected chi connectivity index (χ4v) is 3.03. The fraction of sp³-hybridized carbons (Fsp3) is 0.263. The van der Waals surface area contributed by atoms with Gasteiger partial charge in [0.25, 0.3) is 0 Å². The van der Waals surface area contributed by atoms with E-state index in [2.05, 4.69) is 5.32 Å². The van der Waals surface area contributed by atoms with Crippen LogP contribution in [0.1, 0.15) is 18.1 Å². The number of aliphatic hydroxyl groups excluding tert-OH is 1. The normalized spacial score (nSPS) is 18.1. The van der Waals surface area contributed by atoms with Crippen LogP contribution in [-0.4, -0.2) is 29.6 Å². The molecule has 1 aliphatic heterocycles. The molecule has 2 unspecified atom stereocenters. The molecule has 3 rings (SSSR count). The highest BCUT2D eigenvalue weighted by atomic mass is 19.4. The lowest BCUT2D eigenvalue weighted by atomic mass is 10.1. The molecule has 10 heteroatoms. The molecule has 2 N–H and O–H groups in total. The second kappa shape index (κ2) is 7.78. The molecular formula is C19H15F5N2O3. The predicted octanol–water partition coefficient (Wildman–Crippen LogP) is 3.55. The number of hydrogen-bond donors (Lipinski definition) is 2. The number of hydrogen-bond acceptors (Lipinski definition) is 3. The topological polar surface area (TPSA) is 69.6 Å². The molecule has 5 nitrogen and oxygen atoms in total. The Hall–Kier alpha value is -3.01. The number of nitrogens with zero attached hydrogens (tertiary/aromatic N) is 1. The van der Waals surface area contributed by atoms with Crippen LogP contribution in [0.3, 0.4) is 0 Å². The van der Waals surface area contributed by atoms with Crippen LogP contribution in [-0.2, 0) is 9.59 Å². The molecule has 1 fully saturated rings. The van der Waals surface area contributed by atoms with E-state index in [9.17, 15) is 36.6 Å². The quantitative estimate of drug-likeness (QED) is 0.752. The first-order valence-corrected chi connectivity index (χ1v) is 8.48. The van der Waals surface area contributed by atoms with Crippen molar-refractivity contribution in [2.75, 3.05) is 16.8 Å². The van der Waals surface area contributed by atoms with Crippen molar-refractivity contribution in [1.82, 2.24) is 0 Å². The zero-order valence-electron chi connectivity index (χ0n) is 14.7. The van der Waals surface area contributed by atoms with Crippen LogP contribution in [0.2, 0.25) is 0 Å². The molecule has 2 aromatic carbocycles. The van der Waals surface area contributed by atoms with Gasteiger partial charge in [-0.05, 0) is 29.8 Å². The molecule has 1 heterocycles. The van der Waals surface area contributed by atoms with Crippen molar-refractivity contribution in [3.63, 3.8) is 0 Å². The Morgan fingerprint density at radius 1 is 1.10 bits per heavy atom. The van der Waals surface area contributed by atoms with Gasteiger partial charge in [-0.3, -0.25) is 9.59 Å². The minimum atomic E-state index is -4.82. The zero-order chi connectivity index (χ0) is 21.3. The first kappa shape index (κ1) is 20.7. The summed E-state index contributed by atoms with van der Waals surface area (Å²) in [4.78, 5) is 25.4. The highest BCUT2D eigenvalue weighted by molar-refractivity contribution is 6.03. The second-order valence-corrected chi connectivity index (χ2v) is 6.53. The molecule has 2 atom stereocenters. The minimum absolute atomic E-state index is 0.149. The van der Waals surface area contributed by atoms with Crippen LogP contribution < -0.4 is 10.2 Å². The van der Waals surface area contributed by atoms with Crippen molar-refractivity contribution in [3.05, 3.63) is 59.7 Å². The van der Waals surface area contributed by atoms with Gasteiger partial charge in [-0.15, -0.1) is 0 Å². The van der Waals surface area contributed by atoms with Crippen LogP contribution in [0.4, 0.5) is 33.3 Å². The minimum Gasteiger partial charge on any atom is -0.379 e. The van der Waals surface area contributed by atoms with E-state index in [1.165, 1.54) is 12.1 Å². The Balaban J connectivity index is 1.68. The smallest absolute Gasteiger partial charge is 0.379 e. The average Bonchev–Trinajstić information content (AvgIpc) is 3.02. The van der Waals surface area contributed by atoms with Crippen molar-refractivity contribution in [3.8, 4) is 0 Å². The summed E-state index contributed by atoms with van der Waals surface area (Å²) in [5.74, 6) is -4.02. The second-order valence-electron chi connectivity index (χ2n) is 6.53. The van der Waals surface area contributed by atoms with E-state index in [4.69, 9.17) is 0 Å². The highest BCUT2D eigenvalue weighted by Crippen LogP contribution is 2.33. The molecule has 0 aliphatic carbocycles. The number of halogens is 5. The number of anilines is 2. The standard InChI is InChI=1S/C19H15F5N2O3/c20-13-2-1-3-14(21)16(13)26-9-11(8-15(26)27)18(29)25-12-6-4-10(5-7-12)17(28)19(22,23)24/h1-7,11,17,28H,8-9H2,(H,25,29). The molecule has 0 aromatic heterocycles. The number of nitrogens with one attached hydrogen (secondary N) is 1. The van der Waals surface area contributed by atoms with Gasteiger partial charge in [0.05, 0.1) is 5.92 Å². The predicted molar refractivity (Wildman–Crippen MR) is 92.9 cm³/mol. The van der Waals surface area contributed by atoms with E-state index >= 15 is 0 Å². The molecule has 0 spiro atoms. The van der Waals surface area contributed by atoms with Crippen molar-refractivity contribution < 1.29 is 36.6 Å². The van der Waals surface area contributed by atoms with Crippen molar-refractivity contribution in [2.24, 2.45) is 5.92 Å². The van der Waals surface area contributed by atoms with Crippen molar-refractivity contribution >= 4 is 23.2 Å². The maximum absolute atomic E-state index is 13.9. The van der Waals surface area contributed by atoms with Gasteiger partial charge in [-0.25, -0.2) is 8.78 Å². The summed E-state index contributed by atoms with van der Waals surface area (Å²) in [6.45, 7) is -0.243. The van der Waals surface area contributed by atoms with E-state index in [1.54, 1.807) is 0 Å². The largest absolute Gasteiger partial charge is 0.418 e. The van der Waals surface area contributed by atoms with E-state index in [0.717, 1.165) is 35.2 Å². The van der Waals surface area contributed by atoms with Crippen LogP contribution in [0.25, 0.3) is 0 Å². The van der Waals surface area contributed by atoms with E-state index in [-0.39, 0.29) is 18.7 Å². The molecule has 0 saturated carbocycles. The molecule has 1 saturated heterocycles. The average molecular weight is 414 g/mol. The summed E-state index contributed by atoms with van der Waals surface area (Å²) in [6.07, 6.45) is -7.74. The van der Waals surface area contributed by atoms with E-state index < -0.39 is 52.9 Å². The number of alkyl halides is 3. The molecule has 0 radical (unpaired) electrons. The third kappa shape index (κ3) is 4.37. The number of para-hydroxylation sites is 1. The summed E-state index contributed by atoms with van der Waals surface area (Å²) in [5, 5.41) is 11.6. The first-order chi connectivity index (χ1) is 13.6. The van der Waals surface area contributed by atoms with Crippen molar-refractivity contribution in [2.45, 2.75) is 18.7 Å². The van der Waals surface area contributed by atoms with Gasteiger partial charge in [0.1, 0.15) is 17.3 Å². The lowest BCUT2D eigenvalue weighted by molar-refractivity contribution is -0.206. The number of carbonyl (C=O) groups is 2. The third-order valence-corrected chi connectivity index (χ3v) is 4.51. The first-order valence-electron chi connectivity index (χ1n) is 8.48. The molecule has 0 bridgehead atoms. The molecular weight excluding hydrogens is 399 g/mol. The van der Waals surface area contributed by atoms with Crippen LogP contribution in [0.15, 0.2) is 42.5 Å². The van der Waals surface area contributed by atoms with Gasteiger partial charge in [0.2, 0.25) is 11.8 Å². The Morgan fingerprint density at radius 3 is 2.24 bits per heavy atom. The Morgan fingerprint density at radius 2 is 1.69 bits per heavy atom. The number of amides is 2. The monoisotopic (exact) mass is 414 g/mol. The Kier molecular flexibility index (Phi) is 5.56. The number of rotatable bonds is 4.